The lowest BCUT2D eigenvalue weighted by Crippen LogP contribution is -2.36. The lowest BCUT2D eigenvalue weighted by molar-refractivity contribution is -0.116. The molecule has 3 N–H and O–H groups in total. The summed E-state index contributed by atoms with van der Waals surface area (Å²) >= 11 is 11.9. The van der Waals surface area contributed by atoms with Crippen LogP contribution < -0.4 is 16.0 Å². The Balaban J connectivity index is 1.21. The molecule has 1 aliphatic heterocycles. The molecule has 0 aromatic heterocycles. The molecule has 1 heterocycles. The van der Waals surface area contributed by atoms with Crippen LogP contribution in [0.25, 0.3) is 6.08 Å². The second-order valence-electron chi connectivity index (χ2n) is 10.5. The first-order valence-corrected chi connectivity index (χ1v) is 15.5. The highest BCUT2D eigenvalue weighted by Gasteiger charge is 2.19. The van der Waals surface area contributed by atoms with E-state index in [1.807, 2.05) is 6.07 Å². The van der Waals surface area contributed by atoms with E-state index in [9.17, 15) is 14.4 Å². The number of anilines is 1. The van der Waals surface area contributed by atoms with Crippen molar-refractivity contribution in [3.05, 3.63) is 69.7 Å². The van der Waals surface area contributed by atoms with Gasteiger partial charge in [0.2, 0.25) is 5.91 Å². The molecule has 0 radical (unpaired) electrons. The number of benzene rings is 2. The molecule has 1 unspecified atom stereocenters. The first-order valence-electron chi connectivity index (χ1n) is 14.8. The van der Waals surface area contributed by atoms with Crippen molar-refractivity contribution in [2.45, 2.75) is 51.9 Å². The van der Waals surface area contributed by atoms with E-state index in [1.54, 1.807) is 49.4 Å². The number of amides is 3. The van der Waals surface area contributed by atoms with Crippen molar-refractivity contribution in [1.29, 1.82) is 0 Å². The Labute approximate surface area is 259 Å². The van der Waals surface area contributed by atoms with Crippen LogP contribution in [0.4, 0.5) is 10.5 Å². The van der Waals surface area contributed by atoms with Crippen molar-refractivity contribution in [2.75, 3.05) is 44.6 Å². The standard InChI is InChI=1S/C32H42Cl2N4O4/c1-2-42-31(40)26-12-14-27(15-13-26)37-32(41)36-19-6-8-25-9-7-21-38(23-25)20-5-3-4-18-35-30(39)17-11-24-10-16-28(33)29(34)22-24/h10-17,22,25H,2-9,18-21,23H2,1H3,(H,35,39)(H2,36,37,41)/b17-11+. The number of piperidine rings is 1. The molecule has 2 aromatic rings. The minimum absolute atomic E-state index is 0.114. The predicted molar refractivity (Wildman–Crippen MR) is 170 cm³/mol. The van der Waals surface area contributed by atoms with Gasteiger partial charge >= 0.3 is 12.0 Å². The minimum Gasteiger partial charge on any atom is -0.462 e. The number of urea groups is 1. The molecule has 228 valence electrons. The topological polar surface area (TPSA) is 99.8 Å². The number of halogens is 2. The fraction of sp³-hybridized carbons (Fsp3) is 0.469. The van der Waals surface area contributed by atoms with Gasteiger partial charge in [-0.15, -0.1) is 0 Å². The molecule has 1 atom stereocenters. The molecule has 10 heteroatoms. The van der Waals surface area contributed by atoms with Gasteiger partial charge in [0.1, 0.15) is 0 Å². The van der Waals surface area contributed by atoms with Gasteiger partial charge in [0.15, 0.2) is 0 Å². The van der Waals surface area contributed by atoms with Gasteiger partial charge in [-0.3, -0.25) is 4.79 Å². The zero-order valence-corrected chi connectivity index (χ0v) is 25.8. The third kappa shape index (κ3) is 12.4. The highest BCUT2D eigenvalue weighted by Crippen LogP contribution is 2.23. The van der Waals surface area contributed by atoms with Crippen LogP contribution in [0.3, 0.4) is 0 Å². The van der Waals surface area contributed by atoms with Crippen molar-refractivity contribution >= 4 is 52.9 Å². The molecular weight excluding hydrogens is 575 g/mol. The SMILES string of the molecule is CCOC(=O)c1ccc(NC(=O)NCCCC2CCCN(CCCCCNC(=O)/C=C/c3ccc(Cl)c(Cl)c3)C2)cc1. The first kappa shape index (κ1) is 33.4. The van der Waals surface area contributed by atoms with Gasteiger partial charge in [0, 0.05) is 31.4 Å². The quantitative estimate of drug-likeness (QED) is 0.116. The molecule has 42 heavy (non-hydrogen) atoms. The summed E-state index contributed by atoms with van der Waals surface area (Å²) < 4.78 is 4.97. The average molecular weight is 618 g/mol. The van der Waals surface area contributed by atoms with Crippen LogP contribution in [0.5, 0.6) is 0 Å². The van der Waals surface area contributed by atoms with Gasteiger partial charge < -0.3 is 25.6 Å². The van der Waals surface area contributed by atoms with E-state index in [-0.39, 0.29) is 17.9 Å². The number of unbranched alkanes of at least 4 members (excludes halogenated alkanes) is 2. The molecule has 3 amide bonds. The fourth-order valence-electron chi connectivity index (χ4n) is 4.96. The summed E-state index contributed by atoms with van der Waals surface area (Å²) in [7, 11) is 0. The second kappa shape index (κ2) is 18.5. The van der Waals surface area contributed by atoms with E-state index in [2.05, 4.69) is 20.9 Å². The Hall–Kier alpha value is -3.07. The van der Waals surface area contributed by atoms with Gasteiger partial charge in [-0.25, -0.2) is 9.59 Å². The van der Waals surface area contributed by atoms with Crippen LogP contribution in [0.15, 0.2) is 48.5 Å². The molecule has 0 aliphatic carbocycles. The molecular formula is C32H42Cl2N4O4. The van der Waals surface area contributed by atoms with Crippen LogP contribution >= 0.6 is 23.2 Å². The zero-order chi connectivity index (χ0) is 30.2. The highest BCUT2D eigenvalue weighted by atomic mass is 35.5. The number of ether oxygens (including phenoxy) is 1. The second-order valence-corrected chi connectivity index (χ2v) is 11.3. The third-order valence-electron chi connectivity index (χ3n) is 7.15. The monoisotopic (exact) mass is 616 g/mol. The molecule has 0 bridgehead atoms. The molecule has 8 nitrogen and oxygen atoms in total. The summed E-state index contributed by atoms with van der Waals surface area (Å²) in [5, 5.41) is 9.62. The van der Waals surface area contributed by atoms with Crippen LogP contribution in [-0.4, -0.2) is 62.1 Å². The smallest absolute Gasteiger partial charge is 0.338 e. The Bertz CT molecular complexity index is 1190. The largest absolute Gasteiger partial charge is 0.462 e. The maximum Gasteiger partial charge on any atom is 0.338 e. The van der Waals surface area contributed by atoms with E-state index in [1.165, 1.54) is 18.9 Å². The van der Waals surface area contributed by atoms with Crippen LogP contribution in [0.2, 0.25) is 10.0 Å². The zero-order valence-electron chi connectivity index (χ0n) is 24.3. The number of esters is 1. The maximum atomic E-state index is 12.2. The molecule has 0 spiro atoms. The highest BCUT2D eigenvalue weighted by molar-refractivity contribution is 6.42. The maximum absolute atomic E-state index is 12.2. The summed E-state index contributed by atoms with van der Waals surface area (Å²) in [6.45, 7) is 6.70. The van der Waals surface area contributed by atoms with E-state index in [0.717, 1.165) is 57.3 Å². The molecule has 3 rings (SSSR count). The fourth-order valence-corrected chi connectivity index (χ4v) is 5.26. The summed E-state index contributed by atoms with van der Waals surface area (Å²) in [6, 6.07) is 11.7. The Morgan fingerprint density at radius 2 is 1.76 bits per heavy atom. The van der Waals surface area contributed by atoms with Crippen LogP contribution in [0, 0.1) is 5.92 Å². The van der Waals surface area contributed by atoms with Gasteiger partial charge in [-0.2, -0.15) is 0 Å². The Morgan fingerprint density at radius 3 is 2.52 bits per heavy atom. The summed E-state index contributed by atoms with van der Waals surface area (Å²) in [4.78, 5) is 38.6. The van der Waals surface area contributed by atoms with E-state index < -0.39 is 0 Å². The lowest BCUT2D eigenvalue weighted by Gasteiger charge is -2.32. The number of nitrogens with one attached hydrogen (secondary N) is 3. The summed E-state index contributed by atoms with van der Waals surface area (Å²) in [5.41, 5.74) is 1.92. The number of hydrogen-bond acceptors (Lipinski definition) is 5. The van der Waals surface area contributed by atoms with E-state index >= 15 is 0 Å². The van der Waals surface area contributed by atoms with Gasteiger partial charge in [-0.1, -0.05) is 35.7 Å². The van der Waals surface area contributed by atoms with Gasteiger partial charge in [0.05, 0.1) is 22.2 Å². The molecule has 2 aromatic carbocycles. The van der Waals surface area contributed by atoms with Crippen LogP contribution in [0.1, 0.15) is 67.8 Å². The van der Waals surface area contributed by atoms with Crippen molar-refractivity contribution in [2.24, 2.45) is 5.92 Å². The van der Waals surface area contributed by atoms with Crippen molar-refractivity contribution in [1.82, 2.24) is 15.5 Å². The van der Waals surface area contributed by atoms with Crippen molar-refractivity contribution in [3.8, 4) is 0 Å². The first-order chi connectivity index (χ1) is 20.3. The van der Waals surface area contributed by atoms with E-state index in [0.29, 0.717) is 46.9 Å². The number of likely N-dealkylation sites (tertiary alicyclic amines) is 1. The third-order valence-corrected chi connectivity index (χ3v) is 7.89. The molecule has 1 fully saturated rings. The van der Waals surface area contributed by atoms with Crippen molar-refractivity contribution < 1.29 is 19.1 Å². The normalized spacial score (nSPS) is 15.4. The number of rotatable bonds is 15. The number of hydrogen-bond donors (Lipinski definition) is 3. The molecule has 0 saturated carbocycles. The predicted octanol–water partition coefficient (Wildman–Crippen LogP) is 6.78. The summed E-state index contributed by atoms with van der Waals surface area (Å²) in [5.74, 6) is 0.166. The number of carbonyl (C=O) groups is 3. The van der Waals surface area contributed by atoms with E-state index in [4.69, 9.17) is 27.9 Å². The Kier molecular flexibility index (Phi) is 14.7. The molecule has 1 aliphatic rings. The van der Waals surface area contributed by atoms with Crippen molar-refractivity contribution in [3.63, 3.8) is 0 Å². The lowest BCUT2D eigenvalue weighted by atomic mass is 9.93. The minimum atomic E-state index is -0.373. The molecule has 1 saturated heterocycles. The summed E-state index contributed by atoms with van der Waals surface area (Å²) in [6.07, 6.45) is 10.9. The number of carbonyl (C=O) groups excluding carboxylic acids is 3. The van der Waals surface area contributed by atoms with Gasteiger partial charge in [0.25, 0.3) is 0 Å². The number of nitrogens with zero attached hydrogens (tertiary/aromatic N) is 1. The van der Waals surface area contributed by atoms with Gasteiger partial charge in [-0.05, 0) is 112 Å². The Morgan fingerprint density at radius 1 is 0.976 bits per heavy atom. The average Bonchev–Trinajstić information content (AvgIpc) is 2.98. The van der Waals surface area contributed by atoms with Crippen LogP contribution in [-0.2, 0) is 9.53 Å².